The van der Waals surface area contributed by atoms with Crippen LogP contribution in [0.25, 0.3) is 0 Å². The normalized spacial score (nSPS) is 19.8. The van der Waals surface area contributed by atoms with Crippen molar-refractivity contribution in [1.82, 2.24) is 10.2 Å². The van der Waals surface area contributed by atoms with E-state index in [1.807, 2.05) is 0 Å². The molecule has 1 aromatic heterocycles. The van der Waals surface area contributed by atoms with E-state index in [-0.39, 0.29) is 5.92 Å². The van der Waals surface area contributed by atoms with Crippen LogP contribution >= 0.6 is 23.1 Å². The number of rotatable bonds is 5. The van der Waals surface area contributed by atoms with Crippen LogP contribution in [0.15, 0.2) is 9.85 Å². The second-order valence-electron chi connectivity index (χ2n) is 3.61. The van der Waals surface area contributed by atoms with E-state index < -0.39 is 11.5 Å². The Kier molecular flexibility index (Phi) is 2.94. The van der Waals surface area contributed by atoms with Gasteiger partial charge >= 0.3 is 5.97 Å². The van der Waals surface area contributed by atoms with Crippen LogP contribution in [0.1, 0.15) is 12.8 Å². The summed E-state index contributed by atoms with van der Waals surface area (Å²) in [5, 5.41) is 16.6. The van der Waals surface area contributed by atoms with Crippen molar-refractivity contribution in [2.75, 3.05) is 5.75 Å². The fraction of sp³-hybridized carbons (Fsp3) is 0.625. The van der Waals surface area contributed by atoms with Crippen LogP contribution in [0, 0.1) is 5.92 Å². The second-order valence-corrected chi connectivity index (χ2v) is 5.67. The van der Waals surface area contributed by atoms with Gasteiger partial charge in [0, 0.05) is 5.75 Å². The molecule has 1 aliphatic rings. The molecule has 5 nitrogen and oxygen atoms in total. The Labute approximate surface area is 95.1 Å². The molecule has 1 fully saturated rings. The third-order valence-electron chi connectivity index (χ3n) is 2.48. The zero-order valence-corrected chi connectivity index (χ0v) is 9.55. The summed E-state index contributed by atoms with van der Waals surface area (Å²) in [6, 6.07) is 0. The smallest absolute Gasteiger partial charge is 0.324 e. The van der Waals surface area contributed by atoms with E-state index in [1.54, 1.807) is 5.51 Å². The van der Waals surface area contributed by atoms with Gasteiger partial charge in [-0.1, -0.05) is 23.1 Å². The maximum Gasteiger partial charge on any atom is 0.324 e. The average Bonchev–Trinajstić information content (AvgIpc) is 2.93. The Hall–Kier alpha value is -0.660. The van der Waals surface area contributed by atoms with Crippen LogP contribution < -0.4 is 5.73 Å². The van der Waals surface area contributed by atoms with Crippen molar-refractivity contribution < 1.29 is 9.90 Å². The van der Waals surface area contributed by atoms with Crippen molar-refractivity contribution in [2.45, 2.75) is 22.7 Å². The van der Waals surface area contributed by atoms with E-state index >= 15 is 0 Å². The largest absolute Gasteiger partial charge is 0.480 e. The van der Waals surface area contributed by atoms with Crippen LogP contribution in [0.2, 0.25) is 0 Å². The van der Waals surface area contributed by atoms with Crippen LogP contribution in [0.4, 0.5) is 0 Å². The lowest BCUT2D eigenvalue weighted by molar-refractivity contribution is -0.143. The van der Waals surface area contributed by atoms with E-state index in [2.05, 4.69) is 10.2 Å². The highest BCUT2D eigenvalue weighted by molar-refractivity contribution is 8.01. The first-order chi connectivity index (χ1) is 7.13. The van der Waals surface area contributed by atoms with Gasteiger partial charge in [0.15, 0.2) is 4.34 Å². The maximum absolute atomic E-state index is 11.1. The van der Waals surface area contributed by atoms with Crippen molar-refractivity contribution in [3.05, 3.63) is 5.51 Å². The molecule has 0 aliphatic heterocycles. The van der Waals surface area contributed by atoms with Crippen LogP contribution in [-0.4, -0.2) is 32.6 Å². The third kappa shape index (κ3) is 2.30. The summed E-state index contributed by atoms with van der Waals surface area (Å²) < 4.78 is 0.770. The third-order valence-corrected chi connectivity index (χ3v) is 4.55. The minimum absolute atomic E-state index is 0.121. The highest BCUT2D eigenvalue weighted by Gasteiger charge is 2.48. The van der Waals surface area contributed by atoms with Gasteiger partial charge in [-0.2, -0.15) is 0 Å². The van der Waals surface area contributed by atoms with Gasteiger partial charge in [0.25, 0.3) is 0 Å². The number of carboxylic acid groups (broad SMARTS) is 1. The monoisotopic (exact) mass is 245 g/mol. The molecule has 1 atom stereocenters. The molecule has 0 saturated heterocycles. The number of thioether (sulfide) groups is 1. The van der Waals surface area contributed by atoms with Crippen molar-refractivity contribution >= 4 is 29.1 Å². The summed E-state index contributed by atoms with van der Waals surface area (Å²) in [4.78, 5) is 11.1. The first kappa shape index (κ1) is 10.8. The minimum atomic E-state index is -1.10. The van der Waals surface area contributed by atoms with Crippen LogP contribution in [0.5, 0.6) is 0 Å². The Morgan fingerprint density at radius 3 is 3.00 bits per heavy atom. The summed E-state index contributed by atoms with van der Waals surface area (Å²) in [6.07, 6.45) is 1.83. The first-order valence-electron chi connectivity index (χ1n) is 4.54. The fourth-order valence-electron chi connectivity index (χ4n) is 1.36. The van der Waals surface area contributed by atoms with Crippen molar-refractivity contribution in [2.24, 2.45) is 11.7 Å². The minimum Gasteiger partial charge on any atom is -0.480 e. The van der Waals surface area contributed by atoms with Crippen LogP contribution in [0.3, 0.4) is 0 Å². The number of carboxylic acids is 1. The Morgan fingerprint density at radius 1 is 1.80 bits per heavy atom. The van der Waals surface area contributed by atoms with Gasteiger partial charge in [0.05, 0.1) is 0 Å². The van der Waals surface area contributed by atoms with Crippen molar-refractivity contribution in [3.63, 3.8) is 0 Å². The number of carbonyl (C=O) groups is 1. The molecule has 3 N–H and O–H groups in total. The molecule has 2 rings (SSSR count). The molecule has 0 radical (unpaired) electrons. The van der Waals surface area contributed by atoms with Gasteiger partial charge in [0.2, 0.25) is 0 Å². The predicted molar refractivity (Wildman–Crippen MR) is 57.9 cm³/mol. The molecule has 1 heterocycles. The molecule has 82 valence electrons. The second kappa shape index (κ2) is 4.07. The van der Waals surface area contributed by atoms with Gasteiger partial charge in [0.1, 0.15) is 11.0 Å². The van der Waals surface area contributed by atoms with E-state index in [9.17, 15) is 4.79 Å². The van der Waals surface area contributed by atoms with E-state index in [1.165, 1.54) is 23.1 Å². The lowest BCUT2D eigenvalue weighted by atomic mass is 9.98. The molecule has 1 saturated carbocycles. The zero-order valence-electron chi connectivity index (χ0n) is 7.92. The van der Waals surface area contributed by atoms with Crippen molar-refractivity contribution in [1.29, 1.82) is 0 Å². The summed E-state index contributed by atoms with van der Waals surface area (Å²) in [5.74, 6) is -0.431. The Bertz CT molecular complexity index is 353. The predicted octanol–water partition coefficient (Wildman–Crippen LogP) is 0.822. The van der Waals surface area contributed by atoms with Gasteiger partial charge in [-0.15, -0.1) is 10.2 Å². The summed E-state index contributed by atoms with van der Waals surface area (Å²) in [7, 11) is 0. The standard InChI is InChI=1S/C8H11N3O2S2/c9-8(6(12)13,5-1-2-5)3-14-7-11-10-4-15-7/h4-5H,1-3,9H2,(H,12,13). The molecular formula is C8H11N3O2S2. The molecule has 0 spiro atoms. The summed E-state index contributed by atoms with van der Waals surface area (Å²) >= 11 is 2.77. The number of hydrogen-bond acceptors (Lipinski definition) is 6. The molecule has 0 bridgehead atoms. The maximum atomic E-state index is 11.1. The molecule has 1 aliphatic carbocycles. The van der Waals surface area contributed by atoms with Gasteiger partial charge in [-0.25, -0.2) is 0 Å². The van der Waals surface area contributed by atoms with Crippen LogP contribution in [-0.2, 0) is 4.79 Å². The van der Waals surface area contributed by atoms with Gasteiger partial charge in [-0.05, 0) is 18.8 Å². The molecule has 1 aromatic rings. The number of nitrogens with zero attached hydrogens (tertiary/aromatic N) is 2. The van der Waals surface area contributed by atoms with Crippen molar-refractivity contribution in [3.8, 4) is 0 Å². The van der Waals surface area contributed by atoms with E-state index in [4.69, 9.17) is 10.8 Å². The molecule has 0 amide bonds. The van der Waals surface area contributed by atoms with E-state index in [0.29, 0.717) is 5.75 Å². The van der Waals surface area contributed by atoms with Gasteiger partial charge < -0.3 is 10.8 Å². The Balaban J connectivity index is 1.98. The summed E-state index contributed by atoms with van der Waals surface area (Å²) in [6.45, 7) is 0. The molecule has 0 aromatic carbocycles. The molecular weight excluding hydrogens is 234 g/mol. The number of nitrogens with two attached hydrogens (primary N) is 1. The number of hydrogen-bond donors (Lipinski definition) is 2. The quantitative estimate of drug-likeness (QED) is 0.747. The highest BCUT2D eigenvalue weighted by Crippen LogP contribution is 2.41. The lowest BCUT2D eigenvalue weighted by Crippen LogP contribution is -2.52. The topological polar surface area (TPSA) is 89.1 Å². The van der Waals surface area contributed by atoms with Gasteiger partial charge in [-0.3, -0.25) is 4.79 Å². The summed E-state index contributed by atoms with van der Waals surface area (Å²) in [5.41, 5.74) is 6.42. The SMILES string of the molecule is NC(CSc1nncs1)(C(=O)O)C1CC1. The lowest BCUT2D eigenvalue weighted by Gasteiger charge is -2.23. The highest BCUT2D eigenvalue weighted by atomic mass is 32.2. The van der Waals surface area contributed by atoms with E-state index in [0.717, 1.165) is 17.2 Å². The average molecular weight is 245 g/mol. The molecule has 15 heavy (non-hydrogen) atoms. The zero-order chi connectivity index (χ0) is 10.9. The first-order valence-corrected chi connectivity index (χ1v) is 6.40. The number of aromatic nitrogens is 2. The molecule has 1 unspecified atom stereocenters. The Morgan fingerprint density at radius 2 is 2.53 bits per heavy atom. The number of aliphatic carboxylic acids is 1. The fourth-order valence-corrected chi connectivity index (χ4v) is 3.04. The molecule has 7 heteroatoms.